The Balaban J connectivity index is 1.11. The lowest BCUT2D eigenvalue weighted by Gasteiger charge is -2.32. The summed E-state index contributed by atoms with van der Waals surface area (Å²) in [5.74, 6) is -0.877. The van der Waals surface area contributed by atoms with Gasteiger partial charge in [0.05, 0.1) is 23.7 Å². The molecule has 0 aliphatic heterocycles. The van der Waals surface area contributed by atoms with Crippen LogP contribution in [0.3, 0.4) is 0 Å². The minimum Gasteiger partial charge on any atom is -0.461 e. The summed E-state index contributed by atoms with van der Waals surface area (Å²) < 4.78 is 7.18. The molecule has 0 unspecified atom stereocenters. The van der Waals surface area contributed by atoms with Crippen molar-refractivity contribution < 1.29 is 23.9 Å². The maximum Gasteiger partial charge on any atom is 0.306 e. The lowest BCUT2D eigenvalue weighted by Crippen LogP contribution is -2.41. The highest BCUT2D eigenvalue weighted by atomic mass is 32.1. The second-order valence-electron chi connectivity index (χ2n) is 16.7. The fraction of sp³-hybridized carbons (Fsp3) is 0.408. The van der Waals surface area contributed by atoms with E-state index in [0.717, 1.165) is 60.1 Å². The van der Waals surface area contributed by atoms with Gasteiger partial charge in [-0.05, 0) is 78.3 Å². The van der Waals surface area contributed by atoms with Crippen LogP contribution < -0.4 is 5.32 Å². The number of aryl methyl sites for hydroxylation is 2. The molecule has 1 N–H and O–H groups in total. The molecule has 5 aromatic rings. The summed E-state index contributed by atoms with van der Waals surface area (Å²) in [7, 11) is 1.77. The quantitative estimate of drug-likeness (QED) is 0.0615. The number of ketones is 1. The number of carbonyl (C=O) groups excluding carboxylic acids is 4. The molecule has 11 heteroatoms. The highest BCUT2D eigenvalue weighted by molar-refractivity contribution is 7.17. The van der Waals surface area contributed by atoms with Gasteiger partial charge in [-0.2, -0.15) is 5.10 Å². The van der Waals surface area contributed by atoms with Crippen LogP contribution in [0, 0.1) is 5.41 Å². The van der Waals surface area contributed by atoms with Gasteiger partial charge in [0.15, 0.2) is 5.78 Å². The van der Waals surface area contributed by atoms with E-state index in [1.807, 2.05) is 83.7 Å². The third-order valence-corrected chi connectivity index (χ3v) is 12.7. The minimum absolute atomic E-state index is 0.0305. The standard InChI is InChI=1S/C49H59N5O5S/c1-6-40(7-2)53(28-27-52(5)43(55)21-22-44(56)59-34-36-17-12-9-13-18-36)32-37-19-14-20-38(29-37)47(58)51-48-45(41-23-25-49(3,4)30-42(41)60-48)46(57)39-31-50-54(33-39)26-24-35-15-10-8-11-16-35/h8-20,29,31,33,40H,6-7,21-28,30,32,34H2,1-5H3,(H,51,58). The van der Waals surface area contributed by atoms with Crippen LogP contribution in [-0.2, 0) is 53.3 Å². The number of rotatable bonds is 20. The van der Waals surface area contributed by atoms with Gasteiger partial charge in [0, 0.05) is 62.3 Å². The van der Waals surface area contributed by atoms with E-state index >= 15 is 0 Å². The molecule has 0 saturated carbocycles. The van der Waals surface area contributed by atoms with Crippen molar-refractivity contribution >= 4 is 39.9 Å². The largest absolute Gasteiger partial charge is 0.461 e. The highest BCUT2D eigenvalue weighted by Gasteiger charge is 2.34. The topological polar surface area (TPSA) is 114 Å². The van der Waals surface area contributed by atoms with Crippen molar-refractivity contribution in [2.45, 2.75) is 105 Å². The van der Waals surface area contributed by atoms with Crippen molar-refractivity contribution in [1.82, 2.24) is 19.6 Å². The molecule has 2 amide bonds. The Morgan fingerprint density at radius 1 is 0.883 bits per heavy atom. The number of aromatic nitrogens is 2. The number of amides is 2. The number of carbonyl (C=O) groups is 4. The van der Waals surface area contributed by atoms with Crippen LogP contribution in [0.1, 0.15) is 113 Å². The van der Waals surface area contributed by atoms with E-state index in [9.17, 15) is 19.2 Å². The van der Waals surface area contributed by atoms with Gasteiger partial charge in [-0.15, -0.1) is 11.3 Å². The van der Waals surface area contributed by atoms with Gasteiger partial charge in [0.25, 0.3) is 5.91 Å². The van der Waals surface area contributed by atoms with Crippen LogP contribution in [0.15, 0.2) is 97.3 Å². The SMILES string of the molecule is CCC(CC)N(CCN(C)C(=O)CCC(=O)OCc1ccccc1)Cc1cccc(C(=O)Nc2sc3c(c2C(=O)c2cnn(CCc4ccccc4)c2)CCC(C)(C)C3)c1. The average Bonchev–Trinajstić information content (AvgIpc) is 3.87. The Hall–Kier alpha value is -5.39. The van der Waals surface area contributed by atoms with Crippen LogP contribution in [-0.4, -0.2) is 69.3 Å². The van der Waals surface area contributed by atoms with Crippen LogP contribution in [0.5, 0.6) is 0 Å². The summed E-state index contributed by atoms with van der Waals surface area (Å²) in [4.78, 5) is 58.9. The van der Waals surface area contributed by atoms with Crippen LogP contribution >= 0.6 is 11.3 Å². The summed E-state index contributed by atoms with van der Waals surface area (Å²) in [6.07, 6.45) is 8.85. The molecule has 3 aromatic carbocycles. The first-order valence-corrected chi connectivity index (χ1v) is 22.1. The molecule has 1 aliphatic carbocycles. The number of hydrogen-bond acceptors (Lipinski definition) is 8. The second kappa shape index (κ2) is 20.7. The molecule has 0 spiro atoms. The van der Waals surface area contributed by atoms with E-state index in [2.05, 4.69) is 55.1 Å². The van der Waals surface area contributed by atoms with Gasteiger partial charge in [-0.1, -0.05) is 100 Å². The number of nitrogens with zero attached hydrogens (tertiary/aromatic N) is 4. The molecule has 60 heavy (non-hydrogen) atoms. The Morgan fingerprint density at radius 2 is 1.58 bits per heavy atom. The molecular weight excluding hydrogens is 771 g/mol. The molecular formula is C49H59N5O5S. The van der Waals surface area contributed by atoms with E-state index in [0.29, 0.717) is 47.9 Å². The van der Waals surface area contributed by atoms with Gasteiger partial charge in [0.1, 0.15) is 11.6 Å². The summed E-state index contributed by atoms with van der Waals surface area (Å²) in [6, 6.07) is 27.6. The third-order valence-electron chi connectivity index (χ3n) is 11.6. The molecule has 0 fully saturated rings. The number of hydrogen-bond donors (Lipinski definition) is 1. The van der Waals surface area contributed by atoms with Crippen molar-refractivity contribution in [3.05, 3.63) is 141 Å². The smallest absolute Gasteiger partial charge is 0.306 e. The van der Waals surface area contributed by atoms with Crippen LogP contribution in [0.25, 0.3) is 0 Å². The minimum atomic E-state index is -0.393. The predicted octanol–water partition coefficient (Wildman–Crippen LogP) is 9.16. The zero-order chi connectivity index (χ0) is 42.6. The summed E-state index contributed by atoms with van der Waals surface area (Å²) >= 11 is 1.52. The molecule has 0 radical (unpaired) electrons. The van der Waals surface area contributed by atoms with Gasteiger partial charge in [-0.3, -0.25) is 28.8 Å². The van der Waals surface area contributed by atoms with Crippen LogP contribution in [0.2, 0.25) is 0 Å². The summed E-state index contributed by atoms with van der Waals surface area (Å²) in [5, 5.41) is 8.29. The number of fused-ring (bicyclic) bond motifs is 1. The maximum absolute atomic E-state index is 14.3. The van der Waals surface area contributed by atoms with E-state index < -0.39 is 5.97 Å². The van der Waals surface area contributed by atoms with E-state index in [4.69, 9.17) is 4.74 Å². The van der Waals surface area contributed by atoms with Gasteiger partial charge in [-0.25, -0.2) is 0 Å². The van der Waals surface area contributed by atoms with Crippen molar-refractivity contribution in [3.8, 4) is 0 Å². The molecule has 316 valence electrons. The van der Waals surface area contributed by atoms with Crippen LogP contribution in [0.4, 0.5) is 5.00 Å². The first kappa shape index (κ1) is 44.2. The summed E-state index contributed by atoms with van der Waals surface area (Å²) in [5.41, 5.74) is 5.86. The Labute approximate surface area is 358 Å². The average molecular weight is 830 g/mol. The summed E-state index contributed by atoms with van der Waals surface area (Å²) in [6.45, 7) is 11.4. The monoisotopic (exact) mass is 829 g/mol. The van der Waals surface area contributed by atoms with Gasteiger partial charge in [0.2, 0.25) is 5.91 Å². The maximum atomic E-state index is 14.3. The second-order valence-corrected chi connectivity index (χ2v) is 17.8. The number of likely N-dealkylation sites (N-methyl/N-ethyl adjacent to an activating group) is 1. The Bertz CT molecular complexity index is 2230. The molecule has 1 aliphatic rings. The van der Waals surface area contributed by atoms with E-state index in [1.54, 1.807) is 18.1 Å². The molecule has 2 aromatic heterocycles. The number of benzene rings is 3. The lowest BCUT2D eigenvalue weighted by atomic mass is 9.76. The highest BCUT2D eigenvalue weighted by Crippen LogP contribution is 2.44. The lowest BCUT2D eigenvalue weighted by molar-refractivity contribution is -0.147. The number of esters is 1. The number of thiophene rings is 1. The Morgan fingerprint density at radius 3 is 2.30 bits per heavy atom. The first-order valence-electron chi connectivity index (χ1n) is 21.3. The Kier molecular flexibility index (Phi) is 15.3. The number of nitrogens with one attached hydrogen (secondary N) is 1. The molecule has 6 rings (SSSR count). The van der Waals surface area contributed by atoms with Gasteiger partial charge >= 0.3 is 5.97 Å². The number of ether oxygens (including phenoxy) is 1. The molecule has 0 saturated heterocycles. The molecule has 0 bridgehead atoms. The fourth-order valence-corrected chi connectivity index (χ4v) is 9.40. The fourth-order valence-electron chi connectivity index (χ4n) is 7.90. The molecule has 0 atom stereocenters. The zero-order valence-electron chi connectivity index (χ0n) is 35.7. The predicted molar refractivity (Wildman–Crippen MR) is 238 cm³/mol. The van der Waals surface area contributed by atoms with Crippen molar-refractivity contribution in [2.24, 2.45) is 5.41 Å². The molecule has 10 nitrogen and oxygen atoms in total. The van der Waals surface area contributed by atoms with E-state index in [1.165, 1.54) is 16.9 Å². The van der Waals surface area contributed by atoms with Crippen molar-refractivity contribution in [2.75, 3.05) is 25.5 Å². The zero-order valence-corrected chi connectivity index (χ0v) is 36.6. The normalized spacial score (nSPS) is 13.2. The first-order chi connectivity index (χ1) is 28.9. The third kappa shape index (κ3) is 11.9. The van der Waals surface area contributed by atoms with Crippen molar-refractivity contribution in [3.63, 3.8) is 0 Å². The molecule has 2 heterocycles. The van der Waals surface area contributed by atoms with Crippen molar-refractivity contribution in [1.29, 1.82) is 0 Å². The number of anilines is 1. The van der Waals surface area contributed by atoms with E-state index in [-0.39, 0.29) is 48.5 Å². The van der Waals surface area contributed by atoms with Gasteiger partial charge < -0.3 is 15.0 Å².